The van der Waals surface area contributed by atoms with Crippen molar-refractivity contribution in [3.8, 4) is 10.4 Å². The summed E-state index contributed by atoms with van der Waals surface area (Å²) in [5, 5.41) is 14.3. The Morgan fingerprint density at radius 1 is 1.23 bits per heavy atom. The topological polar surface area (TPSA) is 107 Å². The first kappa shape index (κ1) is 25.4. The molecule has 0 radical (unpaired) electrons. The summed E-state index contributed by atoms with van der Waals surface area (Å²) in [4.78, 5) is 37.2. The lowest BCUT2D eigenvalue weighted by Crippen LogP contribution is -2.36. The number of hydrogen-bond acceptors (Lipinski definition) is 7. The standard InChI is InChI=1S/C23H28F3N5O3S/c1-11-8-17(29-13(3)23(24,25)26)27-9-16(11)19-18(22(34)31-14-4-5-15(31)7-6-14)30-21(35-19)20(33)28-12(2)10-32/h8-9,12-15,32H,4-7,10H2,1-3H3,(H,27,29)(H,28,33)/t12-,13+,14?,15?/m1/s1. The van der Waals surface area contributed by atoms with E-state index in [4.69, 9.17) is 0 Å². The summed E-state index contributed by atoms with van der Waals surface area (Å²) in [5.41, 5.74) is 1.26. The zero-order chi connectivity index (χ0) is 25.5. The number of nitrogens with one attached hydrogen (secondary N) is 2. The Morgan fingerprint density at radius 2 is 1.86 bits per heavy atom. The number of aliphatic hydroxyl groups excluding tert-OH is 1. The van der Waals surface area contributed by atoms with Crippen LogP contribution < -0.4 is 10.6 Å². The number of halogens is 3. The van der Waals surface area contributed by atoms with E-state index in [0.29, 0.717) is 16.0 Å². The molecule has 0 saturated carbocycles. The van der Waals surface area contributed by atoms with Crippen LogP contribution in [0, 0.1) is 6.92 Å². The average Bonchev–Trinajstić information content (AvgIpc) is 3.52. The highest BCUT2D eigenvalue weighted by Gasteiger charge is 2.44. The molecule has 0 spiro atoms. The lowest BCUT2D eigenvalue weighted by Gasteiger charge is -2.22. The van der Waals surface area contributed by atoms with E-state index in [1.54, 1.807) is 13.8 Å². The molecular formula is C23H28F3N5O3S. The molecule has 4 rings (SSSR count). The maximum atomic E-state index is 13.6. The van der Waals surface area contributed by atoms with Gasteiger partial charge in [-0.3, -0.25) is 9.59 Å². The van der Waals surface area contributed by atoms with Gasteiger partial charge in [0.15, 0.2) is 5.01 Å². The van der Waals surface area contributed by atoms with Crippen molar-refractivity contribution in [1.29, 1.82) is 0 Å². The van der Waals surface area contributed by atoms with Crippen molar-refractivity contribution >= 4 is 29.0 Å². The van der Waals surface area contributed by atoms with Gasteiger partial charge in [-0.15, -0.1) is 11.3 Å². The van der Waals surface area contributed by atoms with Crippen LogP contribution in [0.15, 0.2) is 12.3 Å². The van der Waals surface area contributed by atoms with Crippen LogP contribution in [-0.4, -0.2) is 68.7 Å². The third-order valence-corrected chi connectivity index (χ3v) is 7.66. The van der Waals surface area contributed by atoms with Crippen LogP contribution in [0.25, 0.3) is 10.4 Å². The molecule has 12 heteroatoms. The Labute approximate surface area is 205 Å². The van der Waals surface area contributed by atoms with Gasteiger partial charge in [0.2, 0.25) is 0 Å². The molecule has 2 saturated heterocycles. The van der Waals surface area contributed by atoms with Gasteiger partial charge in [0.05, 0.1) is 11.5 Å². The Bertz CT molecular complexity index is 1100. The van der Waals surface area contributed by atoms with Crippen molar-refractivity contribution in [2.75, 3.05) is 11.9 Å². The van der Waals surface area contributed by atoms with Crippen LogP contribution in [-0.2, 0) is 0 Å². The van der Waals surface area contributed by atoms with Gasteiger partial charge in [0, 0.05) is 29.9 Å². The second-order valence-electron chi connectivity index (χ2n) is 9.22. The minimum absolute atomic E-state index is 0.0563. The number of carbonyl (C=O) groups excluding carboxylic acids is 2. The molecule has 2 fully saturated rings. The minimum atomic E-state index is -4.42. The van der Waals surface area contributed by atoms with Crippen LogP contribution in [0.1, 0.15) is 65.4 Å². The van der Waals surface area contributed by atoms with Gasteiger partial charge in [-0.1, -0.05) is 0 Å². The third kappa shape index (κ3) is 5.13. The number of thiazole rings is 1. The molecule has 2 bridgehead atoms. The van der Waals surface area contributed by atoms with E-state index < -0.39 is 24.2 Å². The predicted octanol–water partition coefficient (Wildman–Crippen LogP) is 3.75. The lowest BCUT2D eigenvalue weighted by atomic mass is 10.0. The second-order valence-corrected chi connectivity index (χ2v) is 10.2. The van der Waals surface area contributed by atoms with E-state index in [1.807, 2.05) is 4.90 Å². The van der Waals surface area contributed by atoms with Crippen molar-refractivity contribution in [1.82, 2.24) is 20.2 Å². The number of carbonyl (C=O) groups is 2. The van der Waals surface area contributed by atoms with Gasteiger partial charge < -0.3 is 20.6 Å². The van der Waals surface area contributed by atoms with Crippen LogP contribution >= 0.6 is 11.3 Å². The number of anilines is 1. The monoisotopic (exact) mass is 511 g/mol. The van der Waals surface area contributed by atoms with E-state index in [0.717, 1.165) is 43.9 Å². The predicted molar refractivity (Wildman–Crippen MR) is 125 cm³/mol. The van der Waals surface area contributed by atoms with E-state index >= 15 is 0 Å². The first-order valence-electron chi connectivity index (χ1n) is 11.5. The molecule has 2 aromatic rings. The molecule has 2 atom stereocenters. The molecule has 4 heterocycles. The molecule has 2 aliphatic rings. The number of fused-ring (bicyclic) bond motifs is 2. The SMILES string of the molecule is Cc1cc(N[C@@H](C)C(F)(F)F)ncc1-c1sc(C(=O)N[C@H](C)CO)nc1C(=O)N1C2CCC1CC2. The molecule has 0 unspecified atom stereocenters. The Hall–Kier alpha value is -2.73. The van der Waals surface area contributed by atoms with Gasteiger partial charge >= 0.3 is 6.18 Å². The summed E-state index contributed by atoms with van der Waals surface area (Å²) in [6.45, 7) is 4.11. The number of aromatic nitrogens is 2. The average molecular weight is 512 g/mol. The number of nitrogens with zero attached hydrogens (tertiary/aromatic N) is 3. The number of pyridine rings is 1. The van der Waals surface area contributed by atoms with Gasteiger partial charge in [0.1, 0.15) is 17.6 Å². The molecule has 8 nitrogen and oxygen atoms in total. The van der Waals surface area contributed by atoms with Gasteiger partial charge in [-0.25, -0.2) is 9.97 Å². The van der Waals surface area contributed by atoms with Crippen molar-refractivity contribution < 1.29 is 27.9 Å². The molecule has 2 aromatic heterocycles. The number of rotatable bonds is 7. The summed E-state index contributed by atoms with van der Waals surface area (Å²) in [5.74, 6) is -0.701. The zero-order valence-electron chi connectivity index (χ0n) is 19.6. The minimum Gasteiger partial charge on any atom is -0.394 e. The van der Waals surface area contributed by atoms with Crippen molar-refractivity contribution in [3.63, 3.8) is 0 Å². The molecule has 2 amide bonds. The van der Waals surface area contributed by atoms with Crippen LogP contribution in [0.4, 0.5) is 19.0 Å². The van der Waals surface area contributed by atoms with Crippen molar-refractivity contribution in [2.24, 2.45) is 0 Å². The second kappa shape index (κ2) is 9.73. The maximum Gasteiger partial charge on any atom is 0.408 e. The fourth-order valence-corrected chi connectivity index (χ4v) is 5.65. The van der Waals surface area contributed by atoms with Crippen LogP contribution in [0.3, 0.4) is 0 Å². The molecule has 3 N–H and O–H groups in total. The summed E-state index contributed by atoms with van der Waals surface area (Å²) < 4.78 is 38.8. The van der Waals surface area contributed by atoms with E-state index in [1.165, 1.54) is 12.3 Å². The van der Waals surface area contributed by atoms with Gasteiger partial charge in [-0.05, 0) is 58.1 Å². The third-order valence-electron chi connectivity index (χ3n) is 6.57. The number of aliphatic hydroxyl groups is 1. The van der Waals surface area contributed by atoms with Crippen LogP contribution in [0.2, 0.25) is 0 Å². The molecule has 35 heavy (non-hydrogen) atoms. The highest BCUT2D eigenvalue weighted by Crippen LogP contribution is 2.41. The zero-order valence-corrected chi connectivity index (χ0v) is 20.5. The van der Waals surface area contributed by atoms with E-state index in [-0.39, 0.29) is 41.1 Å². The lowest BCUT2D eigenvalue weighted by molar-refractivity contribution is -0.138. The largest absolute Gasteiger partial charge is 0.408 e. The fourth-order valence-electron chi connectivity index (χ4n) is 4.62. The van der Waals surface area contributed by atoms with E-state index in [9.17, 15) is 27.9 Å². The number of hydrogen-bond donors (Lipinski definition) is 3. The number of aryl methyl sites for hydroxylation is 1. The molecule has 190 valence electrons. The molecule has 2 aliphatic heterocycles. The van der Waals surface area contributed by atoms with Crippen molar-refractivity contribution in [2.45, 2.75) is 76.8 Å². The quantitative estimate of drug-likeness (QED) is 0.523. The number of alkyl halides is 3. The smallest absolute Gasteiger partial charge is 0.394 e. The van der Waals surface area contributed by atoms with Gasteiger partial charge in [0.25, 0.3) is 11.8 Å². The molecular weight excluding hydrogens is 483 g/mol. The molecule has 0 aliphatic carbocycles. The van der Waals surface area contributed by atoms with E-state index in [2.05, 4.69) is 20.6 Å². The maximum absolute atomic E-state index is 13.6. The van der Waals surface area contributed by atoms with Crippen LogP contribution in [0.5, 0.6) is 0 Å². The highest BCUT2D eigenvalue weighted by molar-refractivity contribution is 7.17. The Balaban J connectivity index is 1.70. The summed E-state index contributed by atoms with van der Waals surface area (Å²) in [7, 11) is 0. The first-order valence-corrected chi connectivity index (χ1v) is 12.4. The fraction of sp³-hybridized carbons (Fsp3) is 0.565. The normalized spacial score (nSPS) is 21.2. The van der Waals surface area contributed by atoms with Crippen molar-refractivity contribution in [3.05, 3.63) is 28.5 Å². The Morgan fingerprint density at radius 3 is 2.40 bits per heavy atom. The summed E-state index contributed by atoms with van der Waals surface area (Å²) in [6, 6.07) is -0.478. The summed E-state index contributed by atoms with van der Waals surface area (Å²) in [6.07, 6.45) is 0.743. The van der Waals surface area contributed by atoms with Gasteiger partial charge in [-0.2, -0.15) is 13.2 Å². The highest BCUT2D eigenvalue weighted by atomic mass is 32.1. The molecule has 0 aromatic carbocycles. The summed E-state index contributed by atoms with van der Waals surface area (Å²) >= 11 is 1.03. The Kier molecular flexibility index (Phi) is 7.05. The number of amides is 2. The first-order chi connectivity index (χ1) is 16.5.